The number of aryl methyl sites for hydroxylation is 1. The molecule has 1 N–H and O–H groups in total. The smallest absolute Gasteiger partial charge is 0.249 e. The molecule has 112 valence electrons. The first-order chi connectivity index (χ1) is 10.5. The first-order valence-corrected chi connectivity index (χ1v) is 7.01. The maximum absolute atomic E-state index is 12.3. The van der Waals surface area contributed by atoms with Gasteiger partial charge in [-0.05, 0) is 24.3 Å². The summed E-state index contributed by atoms with van der Waals surface area (Å²) in [5, 5.41) is 12.1. The van der Waals surface area contributed by atoms with Crippen molar-refractivity contribution in [3.05, 3.63) is 52.3 Å². The molecular weight excluding hydrogens is 325 g/mol. The summed E-state index contributed by atoms with van der Waals surface area (Å²) in [6.07, 6.45) is 1.66. The van der Waals surface area contributed by atoms with Crippen molar-refractivity contribution in [1.29, 1.82) is 5.26 Å². The molecule has 1 aromatic carbocycles. The van der Waals surface area contributed by atoms with E-state index in [1.54, 1.807) is 54.2 Å². The summed E-state index contributed by atoms with van der Waals surface area (Å²) in [5.74, 6) is -2.85. The lowest BCUT2D eigenvalue weighted by Gasteiger charge is -2.12. The van der Waals surface area contributed by atoms with E-state index >= 15 is 0 Å². The van der Waals surface area contributed by atoms with Gasteiger partial charge in [0.15, 0.2) is 5.92 Å². The van der Waals surface area contributed by atoms with Gasteiger partial charge in [0.25, 0.3) is 0 Å². The van der Waals surface area contributed by atoms with Gasteiger partial charge in [-0.1, -0.05) is 29.3 Å². The van der Waals surface area contributed by atoms with Gasteiger partial charge in [0.05, 0.1) is 27.5 Å². The maximum atomic E-state index is 12.3. The number of hydrogen-bond acceptors (Lipinski definition) is 3. The van der Waals surface area contributed by atoms with Crippen LogP contribution in [-0.2, 0) is 11.8 Å². The van der Waals surface area contributed by atoms with Crippen LogP contribution in [0.25, 0.3) is 0 Å². The van der Waals surface area contributed by atoms with Crippen LogP contribution in [0.1, 0.15) is 10.5 Å². The summed E-state index contributed by atoms with van der Waals surface area (Å²) >= 11 is 11.9. The van der Waals surface area contributed by atoms with Gasteiger partial charge >= 0.3 is 0 Å². The van der Waals surface area contributed by atoms with Crippen molar-refractivity contribution >= 4 is 40.6 Å². The first-order valence-electron chi connectivity index (χ1n) is 6.25. The minimum Gasteiger partial charge on any atom is -0.348 e. The van der Waals surface area contributed by atoms with E-state index in [1.807, 2.05) is 0 Å². The third-order valence-electron chi connectivity index (χ3n) is 3.06. The number of carbonyl (C=O) groups excluding carboxylic acids is 2. The maximum Gasteiger partial charge on any atom is 0.249 e. The molecule has 2 aromatic rings. The molecular formula is C15H11Cl2N3O2. The monoisotopic (exact) mass is 335 g/mol. The number of benzene rings is 1. The number of rotatable bonds is 4. The fourth-order valence-corrected chi connectivity index (χ4v) is 2.41. The molecule has 7 heteroatoms. The number of nitrogens with one attached hydrogen (secondary N) is 1. The van der Waals surface area contributed by atoms with Crippen molar-refractivity contribution in [1.82, 2.24) is 4.57 Å². The summed E-state index contributed by atoms with van der Waals surface area (Å²) in [6.45, 7) is 0. The van der Waals surface area contributed by atoms with Crippen molar-refractivity contribution in [3.8, 4) is 6.07 Å². The second-order valence-corrected chi connectivity index (χ2v) is 5.33. The van der Waals surface area contributed by atoms with Gasteiger partial charge in [0.2, 0.25) is 11.7 Å². The van der Waals surface area contributed by atoms with Crippen molar-refractivity contribution in [2.45, 2.75) is 0 Å². The Morgan fingerprint density at radius 1 is 1.23 bits per heavy atom. The van der Waals surface area contributed by atoms with E-state index in [2.05, 4.69) is 5.32 Å². The molecule has 22 heavy (non-hydrogen) atoms. The third kappa shape index (κ3) is 3.14. The molecule has 2 rings (SSSR count). The Balaban J connectivity index is 2.26. The standard InChI is InChI=1S/C15H11Cl2N3O2/c1-20-7-3-6-12(20)14(21)9(8-18)15(22)19-13-10(16)4-2-5-11(13)17/h2-7,9H,1H3,(H,19,22). The van der Waals surface area contributed by atoms with Crippen LogP contribution in [0.5, 0.6) is 0 Å². The van der Waals surface area contributed by atoms with Crippen LogP contribution in [0.2, 0.25) is 10.0 Å². The Labute approximate surface area is 137 Å². The number of nitriles is 1. The van der Waals surface area contributed by atoms with Gasteiger partial charge in [-0.25, -0.2) is 0 Å². The summed E-state index contributed by atoms with van der Waals surface area (Å²) < 4.78 is 1.54. The van der Waals surface area contributed by atoms with E-state index in [4.69, 9.17) is 28.5 Å². The van der Waals surface area contributed by atoms with Crippen LogP contribution >= 0.6 is 23.2 Å². The molecule has 0 bridgehead atoms. The number of aromatic nitrogens is 1. The Morgan fingerprint density at radius 3 is 2.36 bits per heavy atom. The zero-order valence-electron chi connectivity index (χ0n) is 11.5. The normalized spacial score (nSPS) is 11.5. The number of carbonyl (C=O) groups is 2. The predicted octanol–water partition coefficient (Wildman–Crippen LogP) is 3.29. The Hall–Kier alpha value is -2.29. The summed E-state index contributed by atoms with van der Waals surface area (Å²) in [4.78, 5) is 24.5. The minimum atomic E-state index is -1.49. The predicted molar refractivity (Wildman–Crippen MR) is 83.9 cm³/mol. The van der Waals surface area contributed by atoms with Crippen LogP contribution < -0.4 is 5.32 Å². The molecule has 0 spiro atoms. The van der Waals surface area contributed by atoms with Gasteiger partial charge in [0.1, 0.15) is 0 Å². The minimum absolute atomic E-state index is 0.177. The highest BCUT2D eigenvalue weighted by atomic mass is 35.5. The summed E-state index contributed by atoms with van der Waals surface area (Å²) in [5.41, 5.74) is 0.447. The van der Waals surface area contributed by atoms with E-state index in [1.165, 1.54) is 0 Å². The largest absolute Gasteiger partial charge is 0.348 e. The summed E-state index contributed by atoms with van der Waals surface area (Å²) in [6, 6.07) is 9.63. The van der Waals surface area contributed by atoms with Crippen molar-refractivity contribution in [2.24, 2.45) is 13.0 Å². The highest BCUT2D eigenvalue weighted by Crippen LogP contribution is 2.30. The van der Waals surface area contributed by atoms with Crippen LogP contribution in [0.3, 0.4) is 0 Å². The van der Waals surface area contributed by atoms with Crippen LogP contribution in [0, 0.1) is 17.2 Å². The van der Waals surface area contributed by atoms with E-state index in [9.17, 15) is 9.59 Å². The number of anilines is 1. The van der Waals surface area contributed by atoms with E-state index < -0.39 is 17.6 Å². The molecule has 0 radical (unpaired) electrons. The average molecular weight is 336 g/mol. The number of para-hydroxylation sites is 1. The summed E-state index contributed by atoms with van der Waals surface area (Å²) in [7, 11) is 1.66. The zero-order chi connectivity index (χ0) is 16.3. The number of nitrogens with zero attached hydrogens (tertiary/aromatic N) is 2. The Kier molecular flexibility index (Phi) is 4.86. The number of amides is 1. The fourth-order valence-electron chi connectivity index (χ4n) is 1.91. The van der Waals surface area contributed by atoms with Gasteiger partial charge < -0.3 is 9.88 Å². The van der Waals surface area contributed by atoms with Crippen LogP contribution in [0.15, 0.2) is 36.5 Å². The van der Waals surface area contributed by atoms with Crippen LogP contribution in [0.4, 0.5) is 5.69 Å². The lowest BCUT2D eigenvalue weighted by molar-refractivity contribution is -0.117. The first kappa shape index (κ1) is 16.1. The molecule has 0 saturated heterocycles. The van der Waals surface area contributed by atoms with E-state index in [0.717, 1.165) is 0 Å². The molecule has 0 aliphatic heterocycles. The number of ketones is 1. The third-order valence-corrected chi connectivity index (χ3v) is 3.69. The fraction of sp³-hybridized carbons (Fsp3) is 0.133. The topological polar surface area (TPSA) is 74.9 Å². The zero-order valence-corrected chi connectivity index (χ0v) is 13.0. The van der Waals surface area contributed by atoms with E-state index in [0.29, 0.717) is 0 Å². The molecule has 5 nitrogen and oxygen atoms in total. The molecule has 0 aliphatic carbocycles. The molecule has 0 fully saturated rings. The molecule has 1 unspecified atom stereocenters. The van der Waals surface area contributed by atoms with Gasteiger partial charge in [-0.3, -0.25) is 9.59 Å². The van der Waals surface area contributed by atoms with Crippen molar-refractivity contribution < 1.29 is 9.59 Å². The molecule has 0 aliphatic rings. The van der Waals surface area contributed by atoms with Crippen molar-refractivity contribution in [3.63, 3.8) is 0 Å². The molecule has 1 heterocycles. The quantitative estimate of drug-likeness (QED) is 0.688. The molecule has 1 aromatic heterocycles. The number of hydrogen-bond donors (Lipinski definition) is 1. The second-order valence-electron chi connectivity index (χ2n) is 4.52. The SMILES string of the molecule is Cn1cccc1C(=O)C(C#N)C(=O)Nc1c(Cl)cccc1Cl. The van der Waals surface area contributed by atoms with Gasteiger partial charge in [-0.15, -0.1) is 0 Å². The Bertz CT molecular complexity index is 757. The van der Waals surface area contributed by atoms with Crippen molar-refractivity contribution in [2.75, 3.05) is 5.32 Å². The second kappa shape index (κ2) is 6.65. The highest BCUT2D eigenvalue weighted by molar-refractivity contribution is 6.40. The van der Waals surface area contributed by atoms with Crippen LogP contribution in [-0.4, -0.2) is 16.3 Å². The average Bonchev–Trinajstić information content (AvgIpc) is 2.90. The van der Waals surface area contributed by atoms with Gasteiger partial charge in [0, 0.05) is 13.2 Å². The van der Waals surface area contributed by atoms with E-state index in [-0.39, 0.29) is 21.4 Å². The lowest BCUT2D eigenvalue weighted by Crippen LogP contribution is -2.29. The number of halogens is 2. The highest BCUT2D eigenvalue weighted by Gasteiger charge is 2.29. The molecule has 0 saturated carbocycles. The Morgan fingerprint density at radius 2 is 1.86 bits per heavy atom. The molecule has 1 atom stereocenters. The number of Topliss-reactive ketones (excluding diaryl/α,β-unsaturated/α-hetero) is 1. The molecule has 1 amide bonds. The van der Waals surface area contributed by atoms with Gasteiger partial charge in [-0.2, -0.15) is 5.26 Å². The lowest BCUT2D eigenvalue weighted by atomic mass is 10.0.